The van der Waals surface area contributed by atoms with Crippen LogP contribution >= 0.6 is 0 Å². The third-order valence-corrected chi connectivity index (χ3v) is 3.92. The van der Waals surface area contributed by atoms with Crippen LogP contribution in [0.15, 0.2) is 12.1 Å². The van der Waals surface area contributed by atoms with Crippen LogP contribution in [0.5, 0.6) is 5.75 Å². The van der Waals surface area contributed by atoms with Gasteiger partial charge in [-0.15, -0.1) is 0 Å². The molecular formula is C15H20F2N2O2. The molecule has 1 amide bonds. The van der Waals surface area contributed by atoms with E-state index in [1.54, 1.807) is 11.9 Å². The maximum absolute atomic E-state index is 14.2. The first-order valence-electron chi connectivity index (χ1n) is 6.99. The largest absolute Gasteiger partial charge is 0.491 e. The lowest BCUT2D eigenvalue weighted by Crippen LogP contribution is -2.55. The molecule has 1 fully saturated rings. The second-order valence-electron chi connectivity index (χ2n) is 5.21. The number of hydrogen-bond donors (Lipinski definition) is 0. The summed E-state index contributed by atoms with van der Waals surface area (Å²) in [6.07, 6.45) is 0.656. The molecule has 0 aromatic heterocycles. The molecule has 1 heterocycles. The van der Waals surface area contributed by atoms with Crippen molar-refractivity contribution in [3.8, 4) is 5.75 Å². The average molecular weight is 298 g/mol. The maximum Gasteiger partial charge on any atom is 0.239 e. The van der Waals surface area contributed by atoms with Crippen molar-refractivity contribution in [2.45, 2.75) is 25.9 Å². The average Bonchev–Trinajstić information content (AvgIpc) is 2.46. The molecular weight excluding hydrogens is 278 g/mol. The lowest BCUT2D eigenvalue weighted by atomic mass is 10.1. The molecule has 0 aliphatic carbocycles. The van der Waals surface area contributed by atoms with Gasteiger partial charge in [0.2, 0.25) is 5.91 Å². The summed E-state index contributed by atoms with van der Waals surface area (Å²) in [6, 6.07) is 2.33. The monoisotopic (exact) mass is 298 g/mol. The molecule has 6 heteroatoms. The molecule has 21 heavy (non-hydrogen) atoms. The fourth-order valence-electron chi connectivity index (χ4n) is 2.68. The molecule has 0 spiro atoms. The zero-order valence-corrected chi connectivity index (χ0v) is 12.5. The van der Waals surface area contributed by atoms with Crippen LogP contribution in [0.2, 0.25) is 0 Å². The van der Waals surface area contributed by atoms with Crippen molar-refractivity contribution in [2.75, 3.05) is 27.2 Å². The number of nitrogens with zero attached hydrogens (tertiary/aromatic N) is 2. The molecule has 0 N–H and O–H groups in total. The van der Waals surface area contributed by atoms with Crippen molar-refractivity contribution < 1.29 is 18.3 Å². The molecule has 1 aromatic rings. The predicted octanol–water partition coefficient (Wildman–Crippen LogP) is 2.03. The Morgan fingerprint density at radius 3 is 2.67 bits per heavy atom. The molecule has 4 nitrogen and oxygen atoms in total. The Bertz CT molecular complexity index is 537. The molecule has 1 aliphatic rings. The van der Waals surface area contributed by atoms with E-state index in [4.69, 9.17) is 4.74 Å². The molecule has 0 bridgehead atoms. The van der Waals surface area contributed by atoms with Crippen molar-refractivity contribution in [3.05, 3.63) is 29.3 Å². The van der Waals surface area contributed by atoms with Gasteiger partial charge < -0.3 is 9.64 Å². The van der Waals surface area contributed by atoms with Crippen LogP contribution < -0.4 is 4.74 Å². The standard InChI is InChI=1S/C15H20F2N2O2/c1-4-12-15(20)18(2)7-8-19(12)9-10-5-6-11(16)14(21-3)13(10)17/h5-6,12H,4,7-9H2,1-3H3/t12-/m0/s1. The van der Waals surface area contributed by atoms with Gasteiger partial charge in [-0.05, 0) is 12.5 Å². The van der Waals surface area contributed by atoms with Gasteiger partial charge in [0.1, 0.15) is 0 Å². The molecule has 1 aliphatic heterocycles. The van der Waals surface area contributed by atoms with E-state index in [-0.39, 0.29) is 24.2 Å². The highest BCUT2D eigenvalue weighted by molar-refractivity contribution is 5.82. The Kier molecular flexibility index (Phi) is 4.77. The highest BCUT2D eigenvalue weighted by Gasteiger charge is 2.32. The molecule has 1 aromatic carbocycles. The van der Waals surface area contributed by atoms with Crippen LogP contribution in [0, 0.1) is 11.6 Å². The maximum atomic E-state index is 14.2. The van der Waals surface area contributed by atoms with E-state index in [1.165, 1.54) is 19.2 Å². The van der Waals surface area contributed by atoms with E-state index in [0.717, 1.165) is 0 Å². The Balaban J connectivity index is 2.23. The summed E-state index contributed by atoms with van der Waals surface area (Å²) >= 11 is 0. The van der Waals surface area contributed by atoms with E-state index in [2.05, 4.69) is 0 Å². The number of ether oxygens (including phenoxy) is 1. The predicted molar refractivity (Wildman–Crippen MR) is 75.0 cm³/mol. The Morgan fingerprint density at radius 2 is 2.05 bits per heavy atom. The molecule has 1 atom stereocenters. The fraction of sp³-hybridized carbons (Fsp3) is 0.533. The van der Waals surface area contributed by atoms with Crippen molar-refractivity contribution in [1.82, 2.24) is 9.80 Å². The summed E-state index contributed by atoms with van der Waals surface area (Å²) in [5, 5.41) is 0. The summed E-state index contributed by atoms with van der Waals surface area (Å²) in [5.74, 6) is -1.75. The van der Waals surface area contributed by atoms with E-state index < -0.39 is 11.6 Å². The number of carbonyl (C=O) groups is 1. The Morgan fingerprint density at radius 1 is 1.33 bits per heavy atom. The molecule has 1 saturated heterocycles. The number of piperazine rings is 1. The summed E-state index contributed by atoms with van der Waals surface area (Å²) in [5.41, 5.74) is 0.337. The first kappa shape index (κ1) is 15.7. The van der Waals surface area contributed by atoms with Gasteiger partial charge >= 0.3 is 0 Å². The second-order valence-corrected chi connectivity index (χ2v) is 5.21. The van der Waals surface area contributed by atoms with Crippen LogP contribution in [0.25, 0.3) is 0 Å². The summed E-state index contributed by atoms with van der Waals surface area (Å²) < 4.78 is 32.4. The summed E-state index contributed by atoms with van der Waals surface area (Å²) in [4.78, 5) is 15.7. The van der Waals surface area contributed by atoms with Crippen molar-refractivity contribution in [2.24, 2.45) is 0 Å². The van der Waals surface area contributed by atoms with Crippen molar-refractivity contribution in [3.63, 3.8) is 0 Å². The van der Waals surface area contributed by atoms with Gasteiger partial charge in [0.25, 0.3) is 0 Å². The lowest BCUT2D eigenvalue weighted by Gasteiger charge is -2.38. The Hall–Kier alpha value is -1.69. The smallest absolute Gasteiger partial charge is 0.239 e. The van der Waals surface area contributed by atoms with E-state index >= 15 is 0 Å². The van der Waals surface area contributed by atoms with Gasteiger partial charge in [-0.1, -0.05) is 13.0 Å². The van der Waals surface area contributed by atoms with Gasteiger partial charge in [0, 0.05) is 32.2 Å². The molecule has 0 radical (unpaired) electrons. The zero-order chi connectivity index (χ0) is 15.6. The summed E-state index contributed by atoms with van der Waals surface area (Å²) in [7, 11) is 3.00. The van der Waals surface area contributed by atoms with Gasteiger partial charge in [-0.25, -0.2) is 8.78 Å². The highest BCUT2D eigenvalue weighted by atomic mass is 19.1. The molecule has 0 saturated carbocycles. The van der Waals surface area contributed by atoms with E-state index in [9.17, 15) is 13.6 Å². The normalized spacial score (nSPS) is 20.0. The number of hydrogen-bond acceptors (Lipinski definition) is 3. The van der Waals surface area contributed by atoms with E-state index in [1.807, 2.05) is 11.8 Å². The second kappa shape index (κ2) is 6.39. The van der Waals surface area contributed by atoms with Gasteiger partial charge in [-0.2, -0.15) is 0 Å². The number of benzene rings is 1. The first-order valence-corrected chi connectivity index (χ1v) is 6.99. The van der Waals surface area contributed by atoms with Crippen LogP contribution in [0.3, 0.4) is 0 Å². The number of likely N-dealkylation sites (N-methyl/N-ethyl adjacent to an activating group) is 1. The topological polar surface area (TPSA) is 32.8 Å². The minimum absolute atomic E-state index is 0.0400. The van der Waals surface area contributed by atoms with Crippen LogP contribution in [-0.4, -0.2) is 49.0 Å². The zero-order valence-electron chi connectivity index (χ0n) is 12.5. The van der Waals surface area contributed by atoms with Crippen LogP contribution in [-0.2, 0) is 11.3 Å². The van der Waals surface area contributed by atoms with Gasteiger partial charge in [-0.3, -0.25) is 9.69 Å². The van der Waals surface area contributed by atoms with Crippen molar-refractivity contribution in [1.29, 1.82) is 0 Å². The first-order chi connectivity index (χ1) is 9.99. The molecule has 0 unspecified atom stereocenters. The quantitative estimate of drug-likeness (QED) is 0.852. The summed E-state index contributed by atoms with van der Waals surface area (Å²) in [6.45, 7) is 3.46. The number of rotatable bonds is 4. The van der Waals surface area contributed by atoms with Gasteiger partial charge in [0.05, 0.1) is 13.2 Å². The highest BCUT2D eigenvalue weighted by Crippen LogP contribution is 2.26. The third-order valence-electron chi connectivity index (χ3n) is 3.92. The van der Waals surface area contributed by atoms with Crippen LogP contribution in [0.1, 0.15) is 18.9 Å². The molecule has 116 valence electrons. The minimum Gasteiger partial charge on any atom is -0.491 e. The number of halogens is 2. The lowest BCUT2D eigenvalue weighted by molar-refractivity contribution is -0.140. The fourth-order valence-corrected chi connectivity index (χ4v) is 2.68. The van der Waals surface area contributed by atoms with E-state index in [0.29, 0.717) is 25.1 Å². The number of carbonyl (C=O) groups excluding carboxylic acids is 1. The Labute approximate surface area is 123 Å². The number of methoxy groups -OCH3 is 1. The number of amides is 1. The third kappa shape index (κ3) is 3.00. The minimum atomic E-state index is -0.722. The SMILES string of the molecule is CC[C@H]1C(=O)N(C)CCN1Cc1ccc(F)c(OC)c1F. The molecule has 2 rings (SSSR count). The van der Waals surface area contributed by atoms with Crippen LogP contribution in [0.4, 0.5) is 8.78 Å². The van der Waals surface area contributed by atoms with Crippen molar-refractivity contribution >= 4 is 5.91 Å². The van der Waals surface area contributed by atoms with Gasteiger partial charge in [0.15, 0.2) is 17.4 Å².